The van der Waals surface area contributed by atoms with Crippen LogP contribution in [-0.4, -0.2) is 26.4 Å². The highest BCUT2D eigenvalue weighted by Crippen LogP contribution is 2.39. The lowest BCUT2D eigenvalue weighted by Gasteiger charge is -2.11. The summed E-state index contributed by atoms with van der Waals surface area (Å²) in [6.07, 6.45) is 4.00. The Morgan fingerprint density at radius 3 is 3.00 bits per heavy atom. The molecule has 1 fully saturated rings. The molecule has 2 aromatic heterocycles. The maximum absolute atomic E-state index is 12.0. The summed E-state index contributed by atoms with van der Waals surface area (Å²) in [7, 11) is 0. The standard InChI is InChI=1S/C15H20N4O2S/c1-3-19-14(11-6-7-11)17-18-15(19)22-9-13(20)16-10(2)12-5-4-8-21-12/h4-5,8,10-11H,3,6-7,9H2,1-2H3,(H,16,20)/t10-/m0/s1. The van der Waals surface area contributed by atoms with Crippen LogP contribution < -0.4 is 5.32 Å². The average Bonchev–Trinajstić information content (AvgIpc) is 3.05. The van der Waals surface area contributed by atoms with Gasteiger partial charge in [0.05, 0.1) is 18.1 Å². The first-order valence-corrected chi connectivity index (χ1v) is 8.56. The van der Waals surface area contributed by atoms with Crippen LogP contribution in [0.3, 0.4) is 0 Å². The summed E-state index contributed by atoms with van der Waals surface area (Å²) in [5, 5.41) is 12.2. The van der Waals surface area contributed by atoms with Crippen LogP contribution in [0.15, 0.2) is 28.0 Å². The molecule has 1 N–H and O–H groups in total. The molecule has 1 amide bonds. The summed E-state index contributed by atoms with van der Waals surface area (Å²) >= 11 is 1.43. The number of carbonyl (C=O) groups is 1. The first kappa shape index (κ1) is 15.1. The molecule has 1 aliphatic rings. The van der Waals surface area contributed by atoms with E-state index in [4.69, 9.17) is 4.42 Å². The van der Waals surface area contributed by atoms with Gasteiger partial charge in [-0.2, -0.15) is 0 Å². The van der Waals surface area contributed by atoms with E-state index in [1.807, 2.05) is 19.1 Å². The molecule has 22 heavy (non-hydrogen) atoms. The van der Waals surface area contributed by atoms with Crippen LogP contribution in [0.5, 0.6) is 0 Å². The summed E-state index contributed by atoms with van der Waals surface area (Å²) in [6, 6.07) is 3.54. The predicted octanol–water partition coefficient (Wildman–Crippen LogP) is 2.74. The van der Waals surface area contributed by atoms with Crippen LogP contribution in [0.1, 0.15) is 50.2 Å². The van der Waals surface area contributed by atoms with Crippen LogP contribution in [0.4, 0.5) is 0 Å². The van der Waals surface area contributed by atoms with Gasteiger partial charge in [0.25, 0.3) is 0 Å². The van der Waals surface area contributed by atoms with E-state index >= 15 is 0 Å². The first-order chi connectivity index (χ1) is 10.7. The molecule has 1 aliphatic carbocycles. The van der Waals surface area contributed by atoms with Crippen molar-refractivity contribution in [2.75, 3.05) is 5.75 Å². The Morgan fingerprint density at radius 2 is 2.36 bits per heavy atom. The molecule has 1 saturated carbocycles. The van der Waals surface area contributed by atoms with Gasteiger partial charge in [-0.05, 0) is 38.8 Å². The minimum absolute atomic E-state index is 0.0347. The van der Waals surface area contributed by atoms with E-state index in [9.17, 15) is 4.79 Å². The van der Waals surface area contributed by atoms with Gasteiger partial charge in [-0.1, -0.05) is 11.8 Å². The SMILES string of the molecule is CCn1c(SCC(=O)N[C@@H](C)c2ccco2)nnc1C1CC1. The number of furan rings is 1. The van der Waals surface area contributed by atoms with Gasteiger partial charge in [-0.3, -0.25) is 4.79 Å². The third-order valence-corrected chi connectivity index (χ3v) is 4.65. The van der Waals surface area contributed by atoms with E-state index in [1.165, 1.54) is 24.6 Å². The monoisotopic (exact) mass is 320 g/mol. The van der Waals surface area contributed by atoms with Crippen molar-refractivity contribution in [3.8, 4) is 0 Å². The Bertz CT molecular complexity index is 634. The van der Waals surface area contributed by atoms with Crippen LogP contribution in [0.2, 0.25) is 0 Å². The van der Waals surface area contributed by atoms with Crippen LogP contribution in [0.25, 0.3) is 0 Å². The normalized spacial score (nSPS) is 15.7. The van der Waals surface area contributed by atoms with Gasteiger partial charge in [0.1, 0.15) is 11.6 Å². The smallest absolute Gasteiger partial charge is 0.231 e. The van der Waals surface area contributed by atoms with Gasteiger partial charge in [0, 0.05) is 12.5 Å². The van der Waals surface area contributed by atoms with Gasteiger partial charge in [-0.15, -0.1) is 10.2 Å². The lowest BCUT2D eigenvalue weighted by atomic mass is 10.2. The molecule has 7 heteroatoms. The van der Waals surface area contributed by atoms with E-state index in [0.717, 1.165) is 23.3 Å². The largest absolute Gasteiger partial charge is 0.467 e. The molecule has 0 aliphatic heterocycles. The Hall–Kier alpha value is -1.76. The number of nitrogens with one attached hydrogen (secondary N) is 1. The van der Waals surface area contributed by atoms with E-state index in [2.05, 4.69) is 27.0 Å². The summed E-state index contributed by atoms with van der Waals surface area (Å²) in [5.74, 6) is 2.68. The minimum atomic E-state index is -0.130. The molecule has 0 unspecified atom stereocenters. The minimum Gasteiger partial charge on any atom is -0.467 e. The zero-order valence-electron chi connectivity index (χ0n) is 12.8. The molecule has 3 rings (SSSR count). The van der Waals surface area contributed by atoms with Crippen molar-refractivity contribution in [2.45, 2.75) is 50.4 Å². The van der Waals surface area contributed by atoms with Crippen molar-refractivity contribution >= 4 is 17.7 Å². The molecular weight excluding hydrogens is 300 g/mol. The second-order valence-electron chi connectivity index (χ2n) is 5.45. The van der Waals surface area contributed by atoms with Crippen LogP contribution in [-0.2, 0) is 11.3 Å². The number of nitrogens with zero attached hydrogens (tertiary/aromatic N) is 3. The third kappa shape index (κ3) is 3.35. The fourth-order valence-corrected chi connectivity index (χ4v) is 3.19. The van der Waals surface area contributed by atoms with Gasteiger partial charge in [0.15, 0.2) is 5.16 Å². The van der Waals surface area contributed by atoms with Crippen molar-refractivity contribution < 1.29 is 9.21 Å². The highest BCUT2D eigenvalue weighted by Gasteiger charge is 2.30. The maximum Gasteiger partial charge on any atom is 0.231 e. The lowest BCUT2D eigenvalue weighted by molar-refractivity contribution is -0.119. The Kier molecular flexibility index (Phi) is 4.52. The third-order valence-electron chi connectivity index (χ3n) is 3.68. The molecule has 0 aromatic carbocycles. The molecule has 6 nitrogen and oxygen atoms in total. The van der Waals surface area contributed by atoms with Crippen molar-refractivity contribution in [2.24, 2.45) is 0 Å². The second kappa shape index (κ2) is 6.56. The summed E-state index contributed by atoms with van der Waals surface area (Å²) in [6.45, 7) is 4.82. The lowest BCUT2D eigenvalue weighted by Crippen LogP contribution is -2.28. The Balaban J connectivity index is 1.55. The van der Waals surface area contributed by atoms with E-state index < -0.39 is 0 Å². The number of amides is 1. The van der Waals surface area contributed by atoms with Gasteiger partial charge in [-0.25, -0.2) is 0 Å². The highest BCUT2D eigenvalue weighted by atomic mass is 32.2. The van der Waals surface area contributed by atoms with E-state index in [0.29, 0.717) is 11.7 Å². The molecule has 0 saturated heterocycles. The van der Waals surface area contributed by atoms with Crippen molar-refractivity contribution in [3.63, 3.8) is 0 Å². The molecule has 1 atom stereocenters. The Morgan fingerprint density at radius 1 is 1.55 bits per heavy atom. The highest BCUT2D eigenvalue weighted by molar-refractivity contribution is 7.99. The number of carbonyl (C=O) groups excluding carboxylic acids is 1. The van der Waals surface area contributed by atoms with E-state index in [1.54, 1.807) is 6.26 Å². The zero-order valence-corrected chi connectivity index (χ0v) is 13.6. The molecule has 118 valence electrons. The zero-order chi connectivity index (χ0) is 15.5. The van der Waals surface area contributed by atoms with Crippen LogP contribution >= 0.6 is 11.8 Å². The fraction of sp³-hybridized carbons (Fsp3) is 0.533. The summed E-state index contributed by atoms with van der Waals surface area (Å²) in [5.41, 5.74) is 0. The molecule has 2 heterocycles. The predicted molar refractivity (Wildman–Crippen MR) is 83.7 cm³/mol. The summed E-state index contributed by atoms with van der Waals surface area (Å²) < 4.78 is 7.40. The number of hydrogen-bond acceptors (Lipinski definition) is 5. The van der Waals surface area contributed by atoms with Gasteiger partial charge < -0.3 is 14.3 Å². The topological polar surface area (TPSA) is 73.0 Å². The fourth-order valence-electron chi connectivity index (χ4n) is 2.37. The van der Waals surface area contributed by atoms with Gasteiger partial charge >= 0.3 is 0 Å². The van der Waals surface area contributed by atoms with Crippen molar-refractivity contribution in [1.82, 2.24) is 20.1 Å². The van der Waals surface area contributed by atoms with Crippen LogP contribution in [0, 0.1) is 0 Å². The molecular formula is C15H20N4O2S. The maximum atomic E-state index is 12.0. The molecule has 0 radical (unpaired) electrons. The molecule has 2 aromatic rings. The number of rotatable bonds is 7. The Labute approximate surface area is 133 Å². The number of hydrogen-bond donors (Lipinski definition) is 1. The summed E-state index contributed by atoms with van der Waals surface area (Å²) in [4.78, 5) is 12.0. The molecule has 0 spiro atoms. The number of thioether (sulfide) groups is 1. The first-order valence-electron chi connectivity index (χ1n) is 7.57. The number of aromatic nitrogens is 3. The quantitative estimate of drug-likeness (QED) is 0.794. The van der Waals surface area contributed by atoms with Gasteiger partial charge in [0.2, 0.25) is 5.91 Å². The molecule has 0 bridgehead atoms. The van der Waals surface area contributed by atoms with E-state index in [-0.39, 0.29) is 11.9 Å². The average molecular weight is 320 g/mol. The van der Waals surface area contributed by atoms with Crippen molar-refractivity contribution in [3.05, 3.63) is 30.0 Å². The van der Waals surface area contributed by atoms with Crippen molar-refractivity contribution in [1.29, 1.82) is 0 Å². The second-order valence-corrected chi connectivity index (χ2v) is 6.40.